The Hall–Kier alpha value is -1.16. The maximum atomic E-state index is 6.14. The normalized spacial score (nSPS) is 12.6. The third-order valence-corrected chi connectivity index (χ3v) is 3.72. The fourth-order valence-electron chi connectivity index (χ4n) is 2.11. The molecular formula is C18H22BrNO. The molecule has 2 rings (SSSR count). The molecule has 0 aromatic heterocycles. The van der Waals surface area contributed by atoms with Crippen molar-refractivity contribution in [2.45, 2.75) is 32.6 Å². The first-order valence-electron chi connectivity index (χ1n) is 7.29. The van der Waals surface area contributed by atoms with Crippen molar-refractivity contribution >= 4 is 15.9 Å². The quantitative estimate of drug-likeness (QED) is 0.783. The van der Waals surface area contributed by atoms with Gasteiger partial charge in [0.1, 0.15) is 0 Å². The number of nitrogens with one attached hydrogen (secondary N) is 1. The van der Waals surface area contributed by atoms with Gasteiger partial charge in [-0.25, -0.2) is 0 Å². The number of ether oxygens (including phenoxy) is 1. The Labute approximate surface area is 135 Å². The summed E-state index contributed by atoms with van der Waals surface area (Å²) in [5.41, 5.74) is 2.38. The first-order chi connectivity index (χ1) is 10.1. The maximum absolute atomic E-state index is 6.14. The van der Waals surface area contributed by atoms with E-state index in [1.807, 2.05) is 18.2 Å². The molecule has 1 atom stereocenters. The maximum Gasteiger partial charge on any atom is 0.0953 e. The molecule has 0 saturated carbocycles. The highest BCUT2D eigenvalue weighted by Crippen LogP contribution is 2.20. The van der Waals surface area contributed by atoms with Gasteiger partial charge < -0.3 is 10.1 Å². The molecule has 1 unspecified atom stereocenters. The minimum Gasteiger partial charge on any atom is -0.368 e. The lowest BCUT2D eigenvalue weighted by Crippen LogP contribution is -2.29. The highest BCUT2D eigenvalue weighted by atomic mass is 79.9. The van der Waals surface area contributed by atoms with Crippen LogP contribution in [0.4, 0.5) is 0 Å². The molecule has 0 fully saturated rings. The molecule has 0 spiro atoms. The van der Waals surface area contributed by atoms with Crippen LogP contribution in [0.1, 0.15) is 31.1 Å². The third kappa shape index (κ3) is 5.62. The van der Waals surface area contributed by atoms with Gasteiger partial charge in [0.25, 0.3) is 0 Å². The smallest absolute Gasteiger partial charge is 0.0953 e. The third-order valence-electron chi connectivity index (χ3n) is 3.22. The van der Waals surface area contributed by atoms with Gasteiger partial charge in [0.05, 0.1) is 12.7 Å². The molecule has 2 nitrogen and oxygen atoms in total. The van der Waals surface area contributed by atoms with Crippen molar-refractivity contribution in [2.75, 3.05) is 6.54 Å². The van der Waals surface area contributed by atoms with Crippen molar-refractivity contribution in [2.24, 2.45) is 0 Å². The summed E-state index contributed by atoms with van der Waals surface area (Å²) >= 11 is 3.50. The van der Waals surface area contributed by atoms with Crippen LogP contribution in [0.15, 0.2) is 59.1 Å². The summed E-state index contributed by atoms with van der Waals surface area (Å²) in [5.74, 6) is 0. The Bertz CT molecular complexity index is 542. The topological polar surface area (TPSA) is 21.3 Å². The SMILES string of the molecule is CC(C)NCC(OCc1cccc(Br)c1)c1ccccc1. The molecule has 2 aromatic rings. The van der Waals surface area contributed by atoms with Crippen molar-refractivity contribution in [1.82, 2.24) is 5.32 Å². The molecule has 0 aliphatic heterocycles. The highest BCUT2D eigenvalue weighted by Gasteiger charge is 2.12. The summed E-state index contributed by atoms with van der Waals surface area (Å²) in [4.78, 5) is 0. The van der Waals surface area contributed by atoms with E-state index in [0.717, 1.165) is 11.0 Å². The molecule has 0 radical (unpaired) electrons. The van der Waals surface area contributed by atoms with Gasteiger partial charge in [-0.3, -0.25) is 0 Å². The summed E-state index contributed by atoms with van der Waals surface area (Å²) in [6.45, 7) is 5.72. The number of hydrogen-bond acceptors (Lipinski definition) is 2. The van der Waals surface area contributed by atoms with E-state index in [-0.39, 0.29) is 6.10 Å². The standard InChI is InChI=1S/C18H22BrNO/c1-14(2)20-12-18(16-8-4-3-5-9-16)21-13-15-7-6-10-17(19)11-15/h3-11,14,18,20H,12-13H2,1-2H3. The van der Waals surface area contributed by atoms with Crippen molar-refractivity contribution in [1.29, 1.82) is 0 Å². The average molecular weight is 348 g/mol. The fraction of sp³-hybridized carbons (Fsp3) is 0.333. The van der Waals surface area contributed by atoms with Crippen LogP contribution in [0, 0.1) is 0 Å². The van der Waals surface area contributed by atoms with Gasteiger partial charge in [0, 0.05) is 17.1 Å². The van der Waals surface area contributed by atoms with Crippen LogP contribution in [-0.2, 0) is 11.3 Å². The molecular weight excluding hydrogens is 326 g/mol. The summed E-state index contributed by atoms with van der Waals surface area (Å²) in [5, 5.41) is 3.46. The first kappa shape index (κ1) is 16.2. The summed E-state index contributed by atoms with van der Waals surface area (Å²) in [6, 6.07) is 19.1. The van der Waals surface area contributed by atoms with E-state index in [9.17, 15) is 0 Å². The average Bonchev–Trinajstić information content (AvgIpc) is 2.48. The van der Waals surface area contributed by atoms with Gasteiger partial charge in [-0.2, -0.15) is 0 Å². The Morgan fingerprint density at radius 1 is 1.05 bits per heavy atom. The Morgan fingerprint density at radius 2 is 1.81 bits per heavy atom. The minimum atomic E-state index is 0.0626. The molecule has 2 aromatic carbocycles. The second kappa shape index (κ2) is 8.32. The van der Waals surface area contributed by atoms with Crippen molar-refractivity contribution in [3.05, 3.63) is 70.2 Å². The van der Waals surface area contributed by atoms with Crippen LogP contribution in [0.25, 0.3) is 0 Å². The number of hydrogen-bond donors (Lipinski definition) is 1. The highest BCUT2D eigenvalue weighted by molar-refractivity contribution is 9.10. The van der Waals surface area contributed by atoms with E-state index in [1.54, 1.807) is 0 Å². The van der Waals surface area contributed by atoms with Crippen LogP contribution in [0.2, 0.25) is 0 Å². The van der Waals surface area contributed by atoms with Crippen molar-refractivity contribution in [3.63, 3.8) is 0 Å². The van der Waals surface area contributed by atoms with E-state index in [2.05, 4.69) is 71.5 Å². The van der Waals surface area contributed by atoms with Crippen molar-refractivity contribution in [3.8, 4) is 0 Å². The zero-order chi connectivity index (χ0) is 15.1. The van der Waals surface area contributed by atoms with E-state index in [1.165, 1.54) is 11.1 Å². The predicted molar refractivity (Wildman–Crippen MR) is 91.3 cm³/mol. The van der Waals surface area contributed by atoms with Crippen LogP contribution in [0.3, 0.4) is 0 Å². The number of rotatable bonds is 7. The Morgan fingerprint density at radius 3 is 2.48 bits per heavy atom. The van der Waals surface area contributed by atoms with E-state index in [0.29, 0.717) is 12.6 Å². The second-order valence-electron chi connectivity index (χ2n) is 5.40. The van der Waals surface area contributed by atoms with Crippen LogP contribution in [-0.4, -0.2) is 12.6 Å². The van der Waals surface area contributed by atoms with E-state index >= 15 is 0 Å². The molecule has 0 bridgehead atoms. The molecule has 112 valence electrons. The van der Waals surface area contributed by atoms with Crippen LogP contribution < -0.4 is 5.32 Å². The monoisotopic (exact) mass is 347 g/mol. The fourth-order valence-corrected chi connectivity index (χ4v) is 2.55. The van der Waals surface area contributed by atoms with Gasteiger partial charge in [-0.15, -0.1) is 0 Å². The largest absolute Gasteiger partial charge is 0.368 e. The van der Waals surface area contributed by atoms with E-state index < -0.39 is 0 Å². The number of halogens is 1. The lowest BCUT2D eigenvalue weighted by Gasteiger charge is -2.20. The molecule has 0 saturated heterocycles. The molecule has 0 aliphatic carbocycles. The van der Waals surface area contributed by atoms with Crippen LogP contribution >= 0.6 is 15.9 Å². The zero-order valence-electron chi connectivity index (χ0n) is 12.6. The van der Waals surface area contributed by atoms with E-state index in [4.69, 9.17) is 4.74 Å². The summed E-state index contributed by atoms with van der Waals surface area (Å²) in [7, 11) is 0. The molecule has 21 heavy (non-hydrogen) atoms. The molecule has 0 amide bonds. The lowest BCUT2D eigenvalue weighted by molar-refractivity contribution is 0.0386. The lowest BCUT2D eigenvalue weighted by atomic mass is 10.1. The molecule has 0 heterocycles. The van der Waals surface area contributed by atoms with Gasteiger partial charge in [0.2, 0.25) is 0 Å². The zero-order valence-corrected chi connectivity index (χ0v) is 14.1. The second-order valence-corrected chi connectivity index (χ2v) is 6.32. The number of benzene rings is 2. The first-order valence-corrected chi connectivity index (χ1v) is 8.09. The Kier molecular flexibility index (Phi) is 6.43. The van der Waals surface area contributed by atoms with Gasteiger partial charge in [-0.1, -0.05) is 72.2 Å². The predicted octanol–water partition coefficient (Wildman–Crippen LogP) is 4.71. The van der Waals surface area contributed by atoms with Gasteiger partial charge >= 0.3 is 0 Å². The van der Waals surface area contributed by atoms with Gasteiger partial charge in [-0.05, 0) is 23.3 Å². The minimum absolute atomic E-state index is 0.0626. The van der Waals surface area contributed by atoms with Crippen molar-refractivity contribution < 1.29 is 4.74 Å². The summed E-state index contributed by atoms with van der Waals surface area (Å²) < 4.78 is 7.22. The molecule has 3 heteroatoms. The molecule has 0 aliphatic rings. The van der Waals surface area contributed by atoms with Crippen LogP contribution in [0.5, 0.6) is 0 Å². The Balaban J connectivity index is 2.02. The molecule has 1 N–H and O–H groups in total. The van der Waals surface area contributed by atoms with Gasteiger partial charge in [0.15, 0.2) is 0 Å². The summed E-state index contributed by atoms with van der Waals surface area (Å²) in [6.07, 6.45) is 0.0626.